The van der Waals surface area contributed by atoms with Crippen LogP contribution in [0.15, 0.2) is 21.6 Å². The van der Waals surface area contributed by atoms with E-state index in [9.17, 15) is 18.0 Å². The summed E-state index contributed by atoms with van der Waals surface area (Å²) in [5, 5.41) is 10.7. The lowest BCUT2D eigenvalue weighted by molar-refractivity contribution is -0.122. The molecule has 0 saturated carbocycles. The summed E-state index contributed by atoms with van der Waals surface area (Å²) >= 11 is 0. The number of carbonyl (C=O) groups excluding carboxylic acids is 1. The van der Waals surface area contributed by atoms with Gasteiger partial charge in [0.25, 0.3) is 10.0 Å². The molecule has 9 heteroatoms. The number of hydrogen-bond acceptors (Lipinski definition) is 5. The third-order valence-electron chi connectivity index (χ3n) is 2.64. The van der Waals surface area contributed by atoms with Gasteiger partial charge >= 0.3 is 5.97 Å². The van der Waals surface area contributed by atoms with E-state index in [-0.39, 0.29) is 18.9 Å². The Balaban J connectivity index is 2.09. The quantitative estimate of drug-likeness (QED) is 0.688. The monoisotopic (exact) mass is 288 g/mol. The summed E-state index contributed by atoms with van der Waals surface area (Å²) in [7, 11) is -3.92. The van der Waals surface area contributed by atoms with Crippen LogP contribution >= 0.6 is 0 Å². The molecule has 19 heavy (non-hydrogen) atoms. The van der Waals surface area contributed by atoms with E-state index in [2.05, 4.69) is 10.0 Å². The number of piperidine rings is 1. The molecule has 1 aliphatic rings. The topological polar surface area (TPSA) is 126 Å². The molecule has 2 heterocycles. The number of carbonyl (C=O) groups is 2. The maximum Gasteiger partial charge on any atom is 0.371 e. The molecule has 0 aliphatic carbocycles. The van der Waals surface area contributed by atoms with Gasteiger partial charge in [0.15, 0.2) is 0 Å². The second-order valence-corrected chi connectivity index (χ2v) is 5.73. The van der Waals surface area contributed by atoms with E-state index in [1.165, 1.54) is 0 Å². The van der Waals surface area contributed by atoms with Crippen LogP contribution < -0.4 is 10.0 Å². The van der Waals surface area contributed by atoms with E-state index >= 15 is 0 Å². The first-order valence-corrected chi connectivity index (χ1v) is 6.99. The van der Waals surface area contributed by atoms with Gasteiger partial charge in [0.05, 0.1) is 0 Å². The Morgan fingerprint density at radius 2 is 2.21 bits per heavy atom. The van der Waals surface area contributed by atoms with Crippen molar-refractivity contribution in [2.45, 2.75) is 24.0 Å². The molecular weight excluding hydrogens is 276 g/mol. The fourth-order valence-corrected chi connectivity index (χ4v) is 2.89. The molecule has 2 rings (SSSR count). The minimum atomic E-state index is -3.92. The second-order valence-electron chi connectivity index (χ2n) is 4.08. The summed E-state index contributed by atoms with van der Waals surface area (Å²) in [6.07, 6.45) is 0.628. The lowest BCUT2D eigenvalue weighted by Crippen LogP contribution is -2.47. The smallest absolute Gasteiger partial charge is 0.371 e. The SMILES string of the molecule is O=C1CCC(NS(=O)(=O)c2ccc(C(=O)O)o2)CN1. The predicted molar refractivity (Wildman–Crippen MR) is 62.0 cm³/mol. The zero-order valence-corrected chi connectivity index (χ0v) is 10.6. The maximum atomic E-state index is 11.9. The highest BCUT2D eigenvalue weighted by Crippen LogP contribution is 2.15. The summed E-state index contributed by atoms with van der Waals surface area (Å²) in [5.74, 6) is -1.91. The zero-order chi connectivity index (χ0) is 14.0. The minimum Gasteiger partial charge on any atom is -0.475 e. The molecule has 1 saturated heterocycles. The molecule has 104 valence electrons. The number of rotatable bonds is 4. The Hall–Kier alpha value is -1.87. The molecule has 0 radical (unpaired) electrons. The molecule has 0 bridgehead atoms. The van der Waals surface area contributed by atoms with Crippen LogP contribution in [0.5, 0.6) is 0 Å². The van der Waals surface area contributed by atoms with Gasteiger partial charge < -0.3 is 14.8 Å². The summed E-state index contributed by atoms with van der Waals surface area (Å²) < 4.78 is 30.9. The van der Waals surface area contributed by atoms with Gasteiger partial charge in [-0.2, -0.15) is 0 Å². The van der Waals surface area contributed by atoms with Crippen molar-refractivity contribution < 1.29 is 27.5 Å². The van der Waals surface area contributed by atoms with Crippen LogP contribution in [0.1, 0.15) is 23.4 Å². The second kappa shape index (κ2) is 5.02. The van der Waals surface area contributed by atoms with Gasteiger partial charge in [-0.1, -0.05) is 0 Å². The van der Waals surface area contributed by atoms with Crippen LogP contribution in [0.2, 0.25) is 0 Å². The number of aromatic carboxylic acids is 1. The minimum absolute atomic E-state index is 0.124. The number of amides is 1. The van der Waals surface area contributed by atoms with Crippen molar-refractivity contribution in [1.29, 1.82) is 0 Å². The molecule has 3 N–H and O–H groups in total. The Morgan fingerprint density at radius 3 is 2.74 bits per heavy atom. The normalized spacial score (nSPS) is 20.0. The third kappa shape index (κ3) is 3.12. The molecule has 1 aromatic heterocycles. The van der Waals surface area contributed by atoms with Gasteiger partial charge in [-0.15, -0.1) is 0 Å². The van der Waals surface area contributed by atoms with Crippen molar-refractivity contribution in [3.05, 3.63) is 17.9 Å². The molecule has 1 atom stereocenters. The van der Waals surface area contributed by atoms with Gasteiger partial charge in [0.2, 0.25) is 16.8 Å². The molecule has 1 fully saturated rings. The zero-order valence-electron chi connectivity index (χ0n) is 9.75. The Bertz CT molecular complexity index is 595. The standard InChI is InChI=1S/C10H12N2O6S/c13-8-3-1-6(5-11-8)12-19(16,17)9-4-2-7(18-9)10(14)15/h2,4,6,12H,1,3,5H2,(H,11,13)(H,14,15). The summed E-state index contributed by atoms with van der Waals surface area (Å²) in [4.78, 5) is 21.6. The average Bonchev–Trinajstić information content (AvgIpc) is 2.82. The van der Waals surface area contributed by atoms with Gasteiger partial charge in [-0.25, -0.2) is 17.9 Å². The molecule has 1 amide bonds. The number of furan rings is 1. The molecule has 1 aromatic rings. The van der Waals surface area contributed by atoms with Crippen LogP contribution in [0.25, 0.3) is 0 Å². The van der Waals surface area contributed by atoms with Gasteiger partial charge in [-0.05, 0) is 18.6 Å². The fraction of sp³-hybridized carbons (Fsp3) is 0.400. The Kier molecular flexibility index (Phi) is 3.58. The van der Waals surface area contributed by atoms with Crippen molar-refractivity contribution >= 4 is 21.9 Å². The summed E-state index contributed by atoms with van der Waals surface area (Å²) in [6, 6.07) is 1.72. The van der Waals surface area contributed by atoms with E-state index in [1.54, 1.807) is 0 Å². The van der Waals surface area contributed by atoms with Crippen LogP contribution in [-0.4, -0.2) is 38.0 Å². The molecule has 0 aromatic carbocycles. The van der Waals surface area contributed by atoms with Crippen molar-refractivity contribution in [2.75, 3.05) is 6.54 Å². The van der Waals surface area contributed by atoms with E-state index in [1.807, 2.05) is 0 Å². The highest BCUT2D eigenvalue weighted by molar-refractivity contribution is 7.89. The van der Waals surface area contributed by atoms with Crippen LogP contribution in [0.3, 0.4) is 0 Å². The molecule has 8 nitrogen and oxygen atoms in total. The summed E-state index contributed by atoms with van der Waals surface area (Å²) in [5.41, 5.74) is 0. The van der Waals surface area contributed by atoms with Crippen molar-refractivity contribution in [3.8, 4) is 0 Å². The van der Waals surface area contributed by atoms with Gasteiger partial charge in [0.1, 0.15) is 0 Å². The number of hydrogen-bond donors (Lipinski definition) is 3. The number of carboxylic acids is 1. The molecular formula is C10H12N2O6S. The molecule has 1 aliphatic heterocycles. The Morgan fingerprint density at radius 1 is 1.47 bits per heavy atom. The average molecular weight is 288 g/mol. The highest BCUT2D eigenvalue weighted by atomic mass is 32.2. The molecule has 1 unspecified atom stereocenters. The lowest BCUT2D eigenvalue weighted by atomic mass is 10.1. The highest BCUT2D eigenvalue weighted by Gasteiger charge is 2.27. The number of carboxylic acid groups (broad SMARTS) is 1. The third-order valence-corrected chi connectivity index (χ3v) is 4.04. The fourth-order valence-electron chi connectivity index (χ4n) is 1.69. The summed E-state index contributed by atoms with van der Waals surface area (Å²) in [6.45, 7) is 0.199. The first kappa shape index (κ1) is 13.6. The predicted octanol–water partition coefficient (Wildman–Crippen LogP) is -0.465. The maximum absolute atomic E-state index is 11.9. The Labute approximate surface area is 108 Å². The van der Waals surface area contributed by atoms with Crippen LogP contribution in [0.4, 0.5) is 0 Å². The van der Waals surface area contributed by atoms with Crippen molar-refractivity contribution in [1.82, 2.24) is 10.0 Å². The van der Waals surface area contributed by atoms with E-state index < -0.39 is 32.9 Å². The van der Waals surface area contributed by atoms with Gasteiger partial charge in [0, 0.05) is 19.0 Å². The molecule has 0 spiro atoms. The van der Waals surface area contributed by atoms with Crippen LogP contribution in [-0.2, 0) is 14.8 Å². The van der Waals surface area contributed by atoms with E-state index in [0.717, 1.165) is 12.1 Å². The van der Waals surface area contributed by atoms with Crippen molar-refractivity contribution in [3.63, 3.8) is 0 Å². The number of sulfonamides is 1. The largest absolute Gasteiger partial charge is 0.475 e. The first-order valence-electron chi connectivity index (χ1n) is 5.50. The first-order chi connectivity index (χ1) is 8.88. The number of nitrogens with one attached hydrogen (secondary N) is 2. The van der Waals surface area contributed by atoms with E-state index in [0.29, 0.717) is 6.42 Å². The van der Waals surface area contributed by atoms with Crippen LogP contribution in [0, 0.1) is 0 Å². The van der Waals surface area contributed by atoms with Crippen molar-refractivity contribution in [2.24, 2.45) is 0 Å². The van der Waals surface area contributed by atoms with Gasteiger partial charge in [-0.3, -0.25) is 4.79 Å². The lowest BCUT2D eigenvalue weighted by Gasteiger charge is -2.22. The van der Waals surface area contributed by atoms with E-state index in [4.69, 9.17) is 9.52 Å².